The molecule has 5 rings (SSSR count). The third-order valence-electron chi connectivity index (χ3n) is 6.98. The normalized spacial score (nSPS) is 14.9. The second kappa shape index (κ2) is 11.0. The van der Waals surface area contributed by atoms with Gasteiger partial charge in [-0.15, -0.1) is 10.2 Å². The van der Waals surface area contributed by atoms with Crippen LogP contribution in [0.15, 0.2) is 36.8 Å². The van der Waals surface area contributed by atoms with Gasteiger partial charge in [0.1, 0.15) is 17.6 Å². The molecule has 3 aromatic heterocycles. The van der Waals surface area contributed by atoms with Crippen LogP contribution in [0.1, 0.15) is 56.2 Å². The molecule has 2 atom stereocenters. The van der Waals surface area contributed by atoms with E-state index in [4.69, 9.17) is 9.47 Å². The number of hydrogen-bond donors (Lipinski definition) is 0. The first-order chi connectivity index (χ1) is 19.1. The monoisotopic (exact) mass is 569 g/mol. The molecule has 40 heavy (non-hydrogen) atoms. The molecule has 0 N–H and O–H groups in total. The Bertz CT molecular complexity index is 1620. The topological polar surface area (TPSA) is 127 Å². The second-order valence-corrected chi connectivity index (χ2v) is 12.5. The first kappa shape index (κ1) is 27.8. The first-order valence-corrected chi connectivity index (χ1v) is 14.8. The smallest absolute Gasteiger partial charge is 0.172 e. The lowest BCUT2D eigenvalue weighted by Crippen LogP contribution is -2.32. The number of fused-ring (bicyclic) bond motifs is 1. The quantitative estimate of drug-likeness (QED) is 0.280. The van der Waals surface area contributed by atoms with Crippen LogP contribution in [-0.2, 0) is 33.3 Å². The Labute approximate surface area is 232 Å². The zero-order valence-electron chi connectivity index (χ0n) is 23.1. The fourth-order valence-electron chi connectivity index (χ4n) is 5.00. The van der Waals surface area contributed by atoms with Crippen LogP contribution in [0.25, 0.3) is 17.1 Å². The van der Waals surface area contributed by atoms with Crippen LogP contribution in [0.4, 0.5) is 4.39 Å². The van der Waals surface area contributed by atoms with E-state index in [0.717, 1.165) is 48.6 Å². The summed E-state index contributed by atoms with van der Waals surface area (Å²) in [6.45, 7) is 7.85. The van der Waals surface area contributed by atoms with Gasteiger partial charge < -0.3 is 9.47 Å². The van der Waals surface area contributed by atoms with E-state index in [-0.39, 0.29) is 17.8 Å². The number of halogens is 1. The van der Waals surface area contributed by atoms with E-state index in [9.17, 15) is 12.8 Å². The Morgan fingerprint density at radius 2 is 1.85 bits per heavy atom. The highest BCUT2D eigenvalue weighted by Gasteiger charge is 2.36. The van der Waals surface area contributed by atoms with Crippen LogP contribution < -0.4 is 4.74 Å². The zero-order valence-corrected chi connectivity index (χ0v) is 23.9. The van der Waals surface area contributed by atoms with Gasteiger partial charge in [0.15, 0.2) is 33.1 Å². The lowest BCUT2D eigenvalue weighted by molar-refractivity contribution is 0.00133. The van der Waals surface area contributed by atoms with Gasteiger partial charge in [0.25, 0.3) is 0 Å². The summed E-state index contributed by atoms with van der Waals surface area (Å²) in [7, 11) is -2.37. The molecule has 0 radical (unpaired) electrons. The third kappa shape index (κ3) is 5.22. The first-order valence-electron chi connectivity index (χ1n) is 13.1. The minimum Gasteiger partial charge on any atom is -0.495 e. The standard InChI is InChI=1S/C27H32FN7O4S/c1-16(2)39-25(26-29-12-19(28)13-30-26)18(4)40(36,37)15-23-32-33-27(20-14-31-34-11-7-9-21(20)34)35(23)24-17(3)8-6-10-22(24)38-5/h6,8,10,12-14,16,18,25H,7,9,11,15H2,1-5H3/t18-,25+/m0/s1. The summed E-state index contributed by atoms with van der Waals surface area (Å²) in [6.07, 6.45) is 4.20. The van der Waals surface area contributed by atoms with Gasteiger partial charge in [-0.1, -0.05) is 12.1 Å². The number of aromatic nitrogens is 7. The highest BCUT2D eigenvalue weighted by Crippen LogP contribution is 2.35. The van der Waals surface area contributed by atoms with Crippen molar-refractivity contribution in [3.63, 3.8) is 0 Å². The summed E-state index contributed by atoms with van der Waals surface area (Å²) in [5.74, 6) is 0.284. The summed E-state index contributed by atoms with van der Waals surface area (Å²) >= 11 is 0. The van der Waals surface area contributed by atoms with Crippen molar-refractivity contribution in [1.82, 2.24) is 34.5 Å². The van der Waals surface area contributed by atoms with Gasteiger partial charge >= 0.3 is 0 Å². The molecule has 0 bridgehead atoms. The minimum atomic E-state index is -3.93. The van der Waals surface area contributed by atoms with Crippen molar-refractivity contribution in [3.05, 3.63) is 65.5 Å². The lowest BCUT2D eigenvalue weighted by Gasteiger charge is -2.25. The molecule has 212 valence electrons. The van der Waals surface area contributed by atoms with Crippen molar-refractivity contribution in [1.29, 1.82) is 0 Å². The molecule has 0 amide bonds. The molecule has 0 spiro atoms. The van der Waals surface area contributed by atoms with Crippen LogP contribution in [0, 0.1) is 12.7 Å². The maximum atomic E-state index is 13.9. The number of rotatable bonds is 10. The molecule has 0 aliphatic carbocycles. The molecule has 4 heterocycles. The maximum Gasteiger partial charge on any atom is 0.172 e. The molecule has 1 aromatic carbocycles. The van der Waals surface area contributed by atoms with Crippen molar-refractivity contribution in [2.24, 2.45) is 0 Å². The summed E-state index contributed by atoms with van der Waals surface area (Å²) in [6, 6.07) is 5.60. The number of methoxy groups -OCH3 is 1. The molecular weight excluding hydrogens is 537 g/mol. The van der Waals surface area contributed by atoms with E-state index >= 15 is 0 Å². The SMILES string of the molecule is COc1cccc(C)c1-n1c(CS(=O)(=O)[C@@H](C)[C@@H](OC(C)C)c2ncc(F)cn2)nnc1-c1cnn2c1CCC2. The Hall–Kier alpha value is -3.71. The van der Waals surface area contributed by atoms with Crippen LogP contribution in [0.5, 0.6) is 5.75 Å². The molecule has 0 fully saturated rings. The van der Waals surface area contributed by atoms with Gasteiger partial charge in [-0.3, -0.25) is 9.25 Å². The molecule has 0 saturated carbocycles. The molecule has 1 aliphatic rings. The number of nitrogens with zero attached hydrogens (tertiary/aromatic N) is 7. The fraction of sp³-hybridized carbons (Fsp3) is 0.444. The molecule has 0 unspecified atom stereocenters. The maximum absolute atomic E-state index is 13.9. The van der Waals surface area contributed by atoms with Gasteiger partial charge in [0.2, 0.25) is 0 Å². The molecule has 13 heteroatoms. The summed E-state index contributed by atoms with van der Waals surface area (Å²) in [5.41, 5.74) is 3.34. The number of aryl methyl sites for hydroxylation is 2. The van der Waals surface area contributed by atoms with Gasteiger partial charge in [-0.25, -0.2) is 22.8 Å². The van der Waals surface area contributed by atoms with Crippen molar-refractivity contribution in [3.8, 4) is 22.8 Å². The van der Waals surface area contributed by atoms with Gasteiger partial charge in [-0.2, -0.15) is 5.10 Å². The number of sulfone groups is 1. The van der Waals surface area contributed by atoms with E-state index < -0.39 is 32.8 Å². The van der Waals surface area contributed by atoms with Gasteiger partial charge in [0.05, 0.1) is 48.3 Å². The van der Waals surface area contributed by atoms with E-state index in [0.29, 0.717) is 17.3 Å². The van der Waals surface area contributed by atoms with Crippen molar-refractivity contribution < 1.29 is 22.3 Å². The van der Waals surface area contributed by atoms with Crippen LogP contribution in [0.2, 0.25) is 0 Å². The summed E-state index contributed by atoms with van der Waals surface area (Å²) in [5, 5.41) is 12.3. The average molecular weight is 570 g/mol. The summed E-state index contributed by atoms with van der Waals surface area (Å²) < 4.78 is 56.7. The number of benzene rings is 1. The lowest BCUT2D eigenvalue weighted by atomic mass is 10.1. The zero-order chi connectivity index (χ0) is 28.6. The van der Waals surface area contributed by atoms with Gasteiger partial charge in [-0.05, 0) is 52.2 Å². The fourth-order valence-corrected chi connectivity index (χ4v) is 6.37. The Morgan fingerprint density at radius 3 is 2.55 bits per heavy atom. The molecule has 11 nitrogen and oxygen atoms in total. The highest BCUT2D eigenvalue weighted by molar-refractivity contribution is 7.91. The number of hydrogen-bond acceptors (Lipinski definition) is 9. The molecule has 4 aromatic rings. The minimum absolute atomic E-state index is 0.0874. The molecule has 0 saturated heterocycles. The van der Waals surface area contributed by atoms with E-state index in [2.05, 4.69) is 25.3 Å². The number of ether oxygens (including phenoxy) is 2. The van der Waals surface area contributed by atoms with Crippen molar-refractivity contribution >= 4 is 9.84 Å². The van der Waals surface area contributed by atoms with Crippen molar-refractivity contribution in [2.75, 3.05) is 7.11 Å². The highest BCUT2D eigenvalue weighted by atomic mass is 32.2. The van der Waals surface area contributed by atoms with E-state index in [1.54, 1.807) is 31.7 Å². The van der Waals surface area contributed by atoms with Crippen LogP contribution >= 0.6 is 0 Å². The largest absolute Gasteiger partial charge is 0.495 e. The van der Waals surface area contributed by atoms with Crippen LogP contribution in [0.3, 0.4) is 0 Å². The third-order valence-corrected chi connectivity index (χ3v) is 9.02. The second-order valence-electron chi connectivity index (χ2n) is 10.1. The number of para-hydroxylation sites is 1. The predicted molar refractivity (Wildman–Crippen MR) is 145 cm³/mol. The van der Waals surface area contributed by atoms with Gasteiger partial charge in [0, 0.05) is 12.2 Å². The van der Waals surface area contributed by atoms with E-state index in [1.165, 1.54) is 6.92 Å². The van der Waals surface area contributed by atoms with Crippen molar-refractivity contribution in [2.45, 2.75) is 70.3 Å². The van der Waals surface area contributed by atoms with E-state index in [1.807, 2.05) is 29.8 Å². The average Bonchev–Trinajstić information content (AvgIpc) is 3.63. The Kier molecular flexibility index (Phi) is 7.69. The Balaban J connectivity index is 1.60. The molecule has 1 aliphatic heterocycles. The predicted octanol–water partition coefficient (Wildman–Crippen LogP) is 3.79. The Morgan fingerprint density at radius 1 is 1.10 bits per heavy atom. The molecular formula is C27H32FN7O4S. The van der Waals surface area contributed by atoms with Crippen LogP contribution in [-0.4, -0.2) is 61.4 Å². The summed E-state index contributed by atoms with van der Waals surface area (Å²) in [4.78, 5) is 8.02.